The third-order valence-electron chi connectivity index (χ3n) is 13.2. The van der Waals surface area contributed by atoms with Gasteiger partial charge in [0.05, 0.1) is 33.8 Å². The second-order valence-electron chi connectivity index (χ2n) is 21.5. The molecule has 0 bridgehead atoms. The zero-order valence-corrected chi connectivity index (χ0v) is 48.8. The summed E-state index contributed by atoms with van der Waals surface area (Å²) in [5.41, 5.74) is 0. The Morgan fingerprint density at radius 3 is 1.36 bits per heavy atom. The number of allylic oxidation sites excluding steroid dienone is 9. The summed E-state index contributed by atoms with van der Waals surface area (Å²) in [6, 6.07) is -0.899. The van der Waals surface area contributed by atoms with Gasteiger partial charge in [-0.1, -0.05) is 242 Å². The van der Waals surface area contributed by atoms with E-state index in [1.807, 2.05) is 39.4 Å². The van der Waals surface area contributed by atoms with Crippen molar-refractivity contribution in [1.82, 2.24) is 5.32 Å². The summed E-state index contributed by atoms with van der Waals surface area (Å²) in [5, 5.41) is 3.01. The molecule has 0 aliphatic heterocycles. The van der Waals surface area contributed by atoms with Crippen LogP contribution in [0.5, 0.6) is 0 Å². The SMILES string of the molecule is CC/C=C/C=C/C=C\CCCCCCCC(=O)NC(COP(=O)([O-])OCC[N+](C)(C)C)C(/C=C\CCCCCCCCCCCC)OC(=O)CCCCCCCCCCCCC/C=C/CCCCCCCC. The number of likely N-dealkylation sites (N-methyl/N-ethyl adjacent to an activating group) is 1. The molecule has 1 N–H and O–H groups in total. The number of carbonyl (C=O) groups excluding carboxylic acids is 2. The molecule has 0 heterocycles. The molecule has 0 aliphatic carbocycles. The second kappa shape index (κ2) is 52.2. The number of quaternary nitrogens is 1. The highest BCUT2D eigenvalue weighted by molar-refractivity contribution is 7.45. The van der Waals surface area contributed by atoms with Gasteiger partial charge in [0.1, 0.15) is 19.3 Å². The maximum Gasteiger partial charge on any atom is 0.306 e. The van der Waals surface area contributed by atoms with Crippen LogP contribution in [0.3, 0.4) is 0 Å². The van der Waals surface area contributed by atoms with Crippen molar-refractivity contribution in [2.75, 3.05) is 40.9 Å². The van der Waals surface area contributed by atoms with Gasteiger partial charge in [0.25, 0.3) is 7.82 Å². The molecular formula is C62H115N2O7P. The predicted octanol–water partition coefficient (Wildman–Crippen LogP) is 17.6. The first kappa shape index (κ1) is 69.7. The van der Waals surface area contributed by atoms with Crippen molar-refractivity contribution < 1.29 is 37.3 Å². The van der Waals surface area contributed by atoms with Crippen molar-refractivity contribution in [2.24, 2.45) is 0 Å². The number of carbonyl (C=O) groups is 2. The summed E-state index contributed by atoms with van der Waals surface area (Å²) in [6.45, 7) is 6.70. The number of nitrogens with zero attached hydrogens (tertiary/aromatic N) is 1. The van der Waals surface area contributed by atoms with Crippen molar-refractivity contribution in [2.45, 2.75) is 283 Å². The van der Waals surface area contributed by atoms with Crippen molar-refractivity contribution in [3.8, 4) is 0 Å². The van der Waals surface area contributed by atoms with Gasteiger partial charge in [0.2, 0.25) is 5.91 Å². The number of phosphoric acid groups is 1. The fourth-order valence-corrected chi connectivity index (χ4v) is 9.30. The number of unbranched alkanes of at least 4 members (excludes halogenated alkanes) is 32. The molecule has 9 nitrogen and oxygen atoms in total. The van der Waals surface area contributed by atoms with Gasteiger partial charge in [-0.2, -0.15) is 0 Å². The Hall–Kier alpha value is -2.29. The van der Waals surface area contributed by atoms with Crippen LogP contribution in [-0.2, 0) is 27.9 Å². The minimum absolute atomic E-state index is 0.0276. The first-order valence-electron chi connectivity index (χ1n) is 30.1. The van der Waals surface area contributed by atoms with Gasteiger partial charge < -0.3 is 28.5 Å². The minimum Gasteiger partial charge on any atom is -0.756 e. The van der Waals surface area contributed by atoms with E-state index in [4.69, 9.17) is 13.8 Å². The molecule has 72 heavy (non-hydrogen) atoms. The Labute approximate surface area is 445 Å². The molecule has 0 saturated carbocycles. The number of hydrogen-bond donors (Lipinski definition) is 1. The molecule has 3 unspecified atom stereocenters. The van der Waals surface area contributed by atoms with Crippen LogP contribution in [-0.4, -0.2) is 69.4 Å². The summed E-state index contributed by atoms with van der Waals surface area (Å²) in [5.74, 6) is -0.562. The number of phosphoric ester groups is 1. The molecule has 0 aromatic rings. The van der Waals surface area contributed by atoms with Crippen LogP contribution < -0.4 is 10.2 Å². The lowest BCUT2D eigenvalue weighted by Gasteiger charge is -2.30. The monoisotopic (exact) mass is 1030 g/mol. The zero-order chi connectivity index (χ0) is 52.9. The first-order chi connectivity index (χ1) is 34.9. The number of esters is 1. The van der Waals surface area contributed by atoms with E-state index in [0.717, 1.165) is 77.0 Å². The Morgan fingerprint density at radius 2 is 0.903 bits per heavy atom. The van der Waals surface area contributed by atoms with Crippen LogP contribution in [0.2, 0.25) is 0 Å². The summed E-state index contributed by atoms with van der Waals surface area (Å²) in [7, 11) is 1.17. The quantitative estimate of drug-likeness (QED) is 0.0161. The number of hydrogen-bond acceptors (Lipinski definition) is 7. The third kappa shape index (κ3) is 52.6. The van der Waals surface area contributed by atoms with Gasteiger partial charge in [-0.15, -0.1) is 0 Å². The average Bonchev–Trinajstić information content (AvgIpc) is 3.34. The molecule has 1 amide bonds. The lowest BCUT2D eigenvalue weighted by Crippen LogP contribution is -2.47. The summed E-state index contributed by atoms with van der Waals surface area (Å²) >= 11 is 0. The van der Waals surface area contributed by atoms with Gasteiger partial charge in [-0.25, -0.2) is 0 Å². The van der Waals surface area contributed by atoms with Gasteiger partial charge in [0, 0.05) is 12.8 Å². The van der Waals surface area contributed by atoms with E-state index in [1.165, 1.54) is 154 Å². The molecule has 0 aliphatic rings. The zero-order valence-electron chi connectivity index (χ0n) is 47.9. The summed E-state index contributed by atoms with van der Waals surface area (Å²) < 4.78 is 30.2. The predicted molar refractivity (Wildman–Crippen MR) is 307 cm³/mol. The van der Waals surface area contributed by atoms with E-state index in [-0.39, 0.29) is 24.9 Å². The van der Waals surface area contributed by atoms with Gasteiger partial charge in [-0.3, -0.25) is 14.2 Å². The van der Waals surface area contributed by atoms with E-state index in [0.29, 0.717) is 23.9 Å². The number of nitrogens with one attached hydrogen (secondary N) is 1. The van der Waals surface area contributed by atoms with Crippen molar-refractivity contribution in [3.63, 3.8) is 0 Å². The largest absolute Gasteiger partial charge is 0.756 e. The average molecular weight is 1030 g/mol. The van der Waals surface area contributed by atoms with Crippen LogP contribution in [0.15, 0.2) is 60.8 Å². The molecule has 0 radical (unpaired) electrons. The Morgan fingerprint density at radius 1 is 0.500 bits per heavy atom. The maximum absolute atomic E-state index is 13.5. The fourth-order valence-electron chi connectivity index (χ4n) is 8.58. The molecule has 0 fully saturated rings. The van der Waals surface area contributed by atoms with Gasteiger partial charge >= 0.3 is 5.97 Å². The lowest BCUT2D eigenvalue weighted by atomic mass is 10.0. The Bertz CT molecular complexity index is 1420. The highest BCUT2D eigenvalue weighted by Gasteiger charge is 2.27. The third-order valence-corrected chi connectivity index (χ3v) is 14.2. The van der Waals surface area contributed by atoms with Crippen LogP contribution in [0.25, 0.3) is 0 Å². The van der Waals surface area contributed by atoms with Crippen molar-refractivity contribution in [3.05, 3.63) is 60.8 Å². The fraction of sp³-hybridized carbons (Fsp3) is 0.806. The maximum atomic E-state index is 13.5. The standard InChI is InChI=1S/C62H115N2O7P/c1-7-10-13-16-19-22-25-28-29-30-31-32-33-34-35-37-40-43-46-49-52-55-62(66)71-60(53-50-47-44-41-38-27-24-21-18-15-12-9-3)59(58-70-72(67,68)69-57-56-64(4,5)6)63-61(65)54-51-48-45-42-39-36-26-23-20-17-14-11-8-2/h11,14,17,20,23,26,28-29,50,53,59-60H,7-10,12-13,15-16,18-19,21-22,24-25,27,30-49,51-52,54-58H2,1-6H3,(H-,63,65,67,68)/b14-11+,20-17+,26-23-,29-28+,53-50-. The van der Waals surface area contributed by atoms with E-state index in [2.05, 4.69) is 68.6 Å². The van der Waals surface area contributed by atoms with Crippen LogP contribution in [0.4, 0.5) is 0 Å². The molecule has 0 rings (SSSR count). The molecule has 0 aromatic heterocycles. The second-order valence-corrected chi connectivity index (χ2v) is 22.9. The molecule has 0 saturated heterocycles. The molecular weight excluding hydrogens is 916 g/mol. The molecule has 0 spiro atoms. The normalized spacial score (nSPS) is 14.2. The molecule has 10 heteroatoms. The topological polar surface area (TPSA) is 114 Å². The number of rotatable bonds is 54. The van der Waals surface area contributed by atoms with Crippen molar-refractivity contribution in [1.29, 1.82) is 0 Å². The van der Waals surface area contributed by atoms with E-state index >= 15 is 0 Å². The van der Waals surface area contributed by atoms with Gasteiger partial charge in [-0.05, 0) is 76.7 Å². The lowest BCUT2D eigenvalue weighted by molar-refractivity contribution is -0.870. The highest BCUT2D eigenvalue weighted by atomic mass is 31.2. The molecule has 3 atom stereocenters. The highest BCUT2D eigenvalue weighted by Crippen LogP contribution is 2.38. The van der Waals surface area contributed by atoms with Gasteiger partial charge in [0.15, 0.2) is 0 Å². The van der Waals surface area contributed by atoms with Crippen LogP contribution >= 0.6 is 7.82 Å². The van der Waals surface area contributed by atoms with Crippen LogP contribution in [0, 0.1) is 0 Å². The Balaban J connectivity index is 5.23. The summed E-state index contributed by atoms with van der Waals surface area (Å²) in [4.78, 5) is 39.9. The Kier molecular flexibility index (Phi) is 50.5. The van der Waals surface area contributed by atoms with E-state index < -0.39 is 26.6 Å². The minimum atomic E-state index is -4.70. The molecule has 420 valence electrons. The summed E-state index contributed by atoms with van der Waals surface area (Å²) in [6.07, 6.45) is 64.8. The van der Waals surface area contributed by atoms with E-state index in [9.17, 15) is 19.0 Å². The smallest absolute Gasteiger partial charge is 0.306 e. The van der Waals surface area contributed by atoms with Crippen LogP contribution in [0.1, 0.15) is 271 Å². The number of ether oxygens (including phenoxy) is 1. The first-order valence-corrected chi connectivity index (χ1v) is 31.6. The van der Waals surface area contributed by atoms with E-state index in [1.54, 1.807) is 0 Å². The number of amides is 1. The molecule has 0 aromatic carbocycles. The van der Waals surface area contributed by atoms with Crippen molar-refractivity contribution >= 4 is 19.7 Å².